The highest BCUT2D eigenvalue weighted by molar-refractivity contribution is 5.34. The van der Waals surface area contributed by atoms with Crippen LogP contribution in [0, 0.1) is 13.8 Å². The molecule has 0 fully saturated rings. The maximum Gasteiger partial charge on any atom is 0.0377 e. The van der Waals surface area contributed by atoms with E-state index in [0.717, 1.165) is 0 Å². The van der Waals surface area contributed by atoms with Crippen molar-refractivity contribution >= 4 is 0 Å². The normalized spacial score (nSPS) is 11.8. The average Bonchev–Trinajstić information content (AvgIpc) is 2.03. The fraction of sp³-hybridized carbons (Fsp3) is 0.500. The highest BCUT2D eigenvalue weighted by atomic mass is 14.9. The van der Waals surface area contributed by atoms with Gasteiger partial charge in [-0.3, -0.25) is 0 Å². The van der Waals surface area contributed by atoms with Crippen LogP contribution in [0.2, 0.25) is 0 Å². The summed E-state index contributed by atoms with van der Waals surface area (Å²) in [5, 5.41) is 3.32. The zero-order valence-corrected chi connectivity index (χ0v) is 9.23. The van der Waals surface area contributed by atoms with Crippen LogP contribution < -0.4 is 5.32 Å². The molecule has 0 aliphatic heterocycles. The van der Waals surface area contributed by atoms with E-state index < -0.39 is 0 Å². The molecule has 0 aliphatic rings. The Morgan fingerprint density at radius 1 is 1.15 bits per heavy atom. The Hall–Kier alpha value is -0.820. The quantitative estimate of drug-likeness (QED) is 0.732. The Morgan fingerprint density at radius 2 is 1.77 bits per heavy atom. The largest absolute Gasteiger partial charge is 0.311 e. The maximum absolute atomic E-state index is 3.32. The molecule has 72 valence electrons. The van der Waals surface area contributed by atoms with Gasteiger partial charge in [0.25, 0.3) is 0 Å². The van der Waals surface area contributed by atoms with E-state index in [0.29, 0.717) is 0 Å². The van der Waals surface area contributed by atoms with Gasteiger partial charge in [-0.2, -0.15) is 0 Å². The molecule has 0 saturated carbocycles. The number of hydrogen-bond acceptors (Lipinski definition) is 1. The fourth-order valence-electron chi connectivity index (χ4n) is 1.65. The van der Waals surface area contributed by atoms with Crippen LogP contribution >= 0.6 is 0 Å². The van der Waals surface area contributed by atoms with E-state index >= 15 is 0 Å². The molecule has 0 amide bonds. The molecule has 0 radical (unpaired) electrons. The molecule has 1 aromatic rings. The molecule has 1 N–H and O–H groups in total. The zero-order valence-electron chi connectivity index (χ0n) is 9.23. The summed E-state index contributed by atoms with van der Waals surface area (Å²) in [7, 11) is 2.00. The van der Waals surface area contributed by atoms with Crippen LogP contribution in [-0.4, -0.2) is 7.05 Å². The molecule has 1 nitrogen and oxygen atoms in total. The van der Waals surface area contributed by atoms with Crippen LogP contribution in [0.4, 0.5) is 0 Å². The van der Waals surface area contributed by atoms with Crippen molar-refractivity contribution in [1.82, 2.24) is 5.32 Å². The van der Waals surface area contributed by atoms with E-state index in [1.807, 2.05) is 7.05 Å². The molecule has 0 saturated heterocycles. The van der Waals surface area contributed by atoms with Gasteiger partial charge in [0.05, 0.1) is 0 Å². The fourth-order valence-corrected chi connectivity index (χ4v) is 1.65. The second kappa shape index (κ2) is 3.51. The first-order valence-electron chi connectivity index (χ1n) is 4.74. The zero-order chi connectivity index (χ0) is 10.1. The first kappa shape index (κ1) is 10.3. The second-order valence-corrected chi connectivity index (χ2v) is 4.19. The molecule has 0 atom stereocenters. The maximum atomic E-state index is 3.32. The van der Waals surface area contributed by atoms with Crippen LogP contribution in [0.25, 0.3) is 0 Å². The highest BCUT2D eigenvalue weighted by Gasteiger charge is 2.19. The number of nitrogens with one attached hydrogen (secondary N) is 1. The van der Waals surface area contributed by atoms with Crippen molar-refractivity contribution in [3.63, 3.8) is 0 Å². The molecule has 0 aliphatic carbocycles. The SMILES string of the molecule is CNC(C)(C)c1ccc(C)cc1C. The number of hydrogen-bond donors (Lipinski definition) is 1. The number of aryl methyl sites for hydroxylation is 2. The Kier molecular flexibility index (Phi) is 2.77. The van der Waals surface area contributed by atoms with Crippen molar-refractivity contribution in [2.45, 2.75) is 33.2 Å². The standard InChI is InChI=1S/C12H19N/c1-9-6-7-11(10(2)8-9)12(3,4)13-5/h6-8,13H,1-5H3. The smallest absolute Gasteiger partial charge is 0.0377 e. The molecule has 0 heterocycles. The monoisotopic (exact) mass is 177 g/mol. The van der Waals surface area contributed by atoms with Gasteiger partial charge in [-0.1, -0.05) is 23.8 Å². The van der Waals surface area contributed by atoms with Crippen molar-refractivity contribution in [1.29, 1.82) is 0 Å². The first-order valence-corrected chi connectivity index (χ1v) is 4.74. The van der Waals surface area contributed by atoms with Gasteiger partial charge in [0.1, 0.15) is 0 Å². The first-order chi connectivity index (χ1) is 5.97. The molecule has 0 bridgehead atoms. The summed E-state index contributed by atoms with van der Waals surface area (Å²) in [4.78, 5) is 0. The van der Waals surface area contributed by atoms with E-state index in [4.69, 9.17) is 0 Å². The molecule has 1 heteroatoms. The van der Waals surface area contributed by atoms with Gasteiger partial charge >= 0.3 is 0 Å². The van der Waals surface area contributed by atoms with Crippen LogP contribution in [0.1, 0.15) is 30.5 Å². The average molecular weight is 177 g/mol. The molecule has 1 rings (SSSR count). The van der Waals surface area contributed by atoms with Crippen LogP contribution in [-0.2, 0) is 5.54 Å². The summed E-state index contributed by atoms with van der Waals surface area (Å²) in [5.74, 6) is 0. The molecular weight excluding hydrogens is 158 g/mol. The number of benzene rings is 1. The third kappa shape index (κ3) is 2.10. The lowest BCUT2D eigenvalue weighted by atomic mass is 9.90. The van der Waals surface area contributed by atoms with Gasteiger partial charge in [0.15, 0.2) is 0 Å². The lowest BCUT2D eigenvalue weighted by Crippen LogP contribution is -2.33. The minimum Gasteiger partial charge on any atom is -0.311 e. The Bertz CT molecular complexity index is 300. The van der Waals surface area contributed by atoms with E-state index in [-0.39, 0.29) is 5.54 Å². The third-order valence-electron chi connectivity index (χ3n) is 2.68. The van der Waals surface area contributed by atoms with Crippen molar-refractivity contribution in [2.24, 2.45) is 0 Å². The van der Waals surface area contributed by atoms with Crippen molar-refractivity contribution in [2.75, 3.05) is 7.05 Å². The van der Waals surface area contributed by atoms with E-state index in [1.165, 1.54) is 16.7 Å². The Labute approximate surface area is 81.2 Å². The minimum absolute atomic E-state index is 0.0672. The van der Waals surface area contributed by atoms with E-state index in [9.17, 15) is 0 Å². The molecule has 13 heavy (non-hydrogen) atoms. The van der Waals surface area contributed by atoms with Gasteiger partial charge in [-0.25, -0.2) is 0 Å². The highest BCUT2D eigenvalue weighted by Crippen LogP contribution is 2.23. The van der Waals surface area contributed by atoms with Gasteiger partial charge in [0, 0.05) is 5.54 Å². The summed E-state index contributed by atoms with van der Waals surface area (Å²) in [6, 6.07) is 6.61. The predicted octanol–water partition coefficient (Wildman–Crippen LogP) is 2.76. The van der Waals surface area contributed by atoms with Crippen LogP contribution in [0.3, 0.4) is 0 Å². The summed E-state index contributed by atoms with van der Waals surface area (Å²) in [5.41, 5.74) is 4.13. The number of rotatable bonds is 2. The lowest BCUT2D eigenvalue weighted by Gasteiger charge is -2.26. The molecule has 0 aromatic heterocycles. The topological polar surface area (TPSA) is 12.0 Å². The van der Waals surface area contributed by atoms with Crippen LogP contribution in [0.15, 0.2) is 18.2 Å². The minimum atomic E-state index is 0.0672. The predicted molar refractivity (Wildman–Crippen MR) is 58.0 cm³/mol. The van der Waals surface area contributed by atoms with E-state index in [1.54, 1.807) is 0 Å². The van der Waals surface area contributed by atoms with Crippen molar-refractivity contribution in [3.05, 3.63) is 34.9 Å². The molecule has 1 aromatic carbocycles. The van der Waals surface area contributed by atoms with Gasteiger partial charge in [0.2, 0.25) is 0 Å². The van der Waals surface area contributed by atoms with Crippen molar-refractivity contribution < 1.29 is 0 Å². The van der Waals surface area contributed by atoms with Crippen LogP contribution in [0.5, 0.6) is 0 Å². The summed E-state index contributed by atoms with van der Waals surface area (Å²) < 4.78 is 0. The van der Waals surface area contributed by atoms with Gasteiger partial charge in [-0.05, 0) is 45.9 Å². The van der Waals surface area contributed by atoms with Crippen molar-refractivity contribution in [3.8, 4) is 0 Å². The lowest BCUT2D eigenvalue weighted by molar-refractivity contribution is 0.442. The Balaban J connectivity index is 3.16. The van der Waals surface area contributed by atoms with E-state index in [2.05, 4.69) is 51.2 Å². The molecule has 0 unspecified atom stereocenters. The summed E-state index contributed by atoms with van der Waals surface area (Å²) in [6.07, 6.45) is 0. The van der Waals surface area contributed by atoms with Gasteiger partial charge < -0.3 is 5.32 Å². The summed E-state index contributed by atoms with van der Waals surface area (Å²) >= 11 is 0. The third-order valence-corrected chi connectivity index (χ3v) is 2.68. The second-order valence-electron chi connectivity index (χ2n) is 4.19. The molecule has 0 spiro atoms. The summed E-state index contributed by atoms with van der Waals surface area (Å²) in [6.45, 7) is 8.69. The van der Waals surface area contributed by atoms with Gasteiger partial charge in [-0.15, -0.1) is 0 Å². The molecular formula is C12H19N. The Morgan fingerprint density at radius 3 is 2.23 bits per heavy atom.